The number of nitrogens with zero attached hydrogens (tertiary/aromatic N) is 1. The molecule has 0 radical (unpaired) electrons. The lowest BCUT2D eigenvalue weighted by Gasteiger charge is -2.40. The van der Waals surface area contributed by atoms with E-state index >= 15 is 0 Å². The molecule has 1 fully saturated rings. The Kier molecular flexibility index (Phi) is 6.17. The summed E-state index contributed by atoms with van der Waals surface area (Å²) in [5.41, 5.74) is 2.64. The van der Waals surface area contributed by atoms with Crippen LogP contribution in [-0.2, 0) is 11.3 Å². The van der Waals surface area contributed by atoms with Gasteiger partial charge in [-0.1, -0.05) is 42.1 Å². The van der Waals surface area contributed by atoms with Crippen LogP contribution in [0.1, 0.15) is 17.4 Å². The van der Waals surface area contributed by atoms with Gasteiger partial charge >= 0.3 is 0 Å². The van der Waals surface area contributed by atoms with E-state index in [2.05, 4.69) is 0 Å². The number of benzene rings is 2. The van der Waals surface area contributed by atoms with Gasteiger partial charge in [-0.05, 0) is 30.2 Å². The van der Waals surface area contributed by atoms with Crippen LogP contribution in [0.25, 0.3) is 10.9 Å². The topological polar surface area (TPSA) is 115 Å². The van der Waals surface area contributed by atoms with Gasteiger partial charge in [0.05, 0.1) is 18.7 Å². The van der Waals surface area contributed by atoms with Gasteiger partial charge in [-0.3, -0.25) is 0 Å². The zero-order valence-electron chi connectivity index (χ0n) is 16.4. The minimum atomic E-state index is -1.44. The molecule has 7 nitrogen and oxygen atoms in total. The number of para-hydroxylation sites is 1. The minimum Gasteiger partial charge on any atom is -0.394 e. The number of ether oxygens (including phenoxy) is 1. The molecular formula is C22H25NO6S. The highest BCUT2D eigenvalue weighted by molar-refractivity contribution is 7.99. The van der Waals surface area contributed by atoms with Crippen LogP contribution in [0.5, 0.6) is 0 Å². The molecule has 2 aromatic carbocycles. The van der Waals surface area contributed by atoms with Crippen LogP contribution in [0.4, 0.5) is 0 Å². The van der Waals surface area contributed by atoms with Crippen LogP contribution in [0, 0.1) is 6.92 Å². The number of aromatic nitrogens is 1. The number of aryl methyl sites for hydroxylation is 1. The molecule has 1 aliphatic rings. The van der Waals surface area contributed by atoms with Crippen molar-refractivity contribution in [1.29, 1.82) is 0 Å². The highest BCUT2D eigenvalue weighted by atomic mass is 32.2. The lowest BCUT2D eigenvalue weighted by Crippen LogP contribution is -2.56. The van der Waals surface area contributed by atoms with Crippen molar-refractivity contribution in [3.63, 3.8) is 0 Å². The molecule has 30 heavy (non-hydrogen) atoms. The summed E-state index contributed by atoms with van der Waals surface area (Å²) >= 11 is 1.54. The smallest absolute Gasteiger partial charge is 0.163 e. The van der Waals surface area contributed by atoms with Crippen LogP contribution in [0.3, 0.4) is 0 Å². The second-order valence-corrected chi connectivity index (χ2v) is 8.61. The van der Waals surface area contributed by atoms with E-state index in [1.165, 1.54) is 11.8 Å². The number of fused-ring (bicyclic) bond motifs is 1. The van der Waals surface area contributed by atoms with E-state index in [1.54, 1.807) is 4.57 Å². The molecular weight excluding hydrogens is 406 g/mol. The summed E-state index contributed by atoms with van der Waals surface area (Å²) in [6.45, 7) is 1.46. The molecule has 1 saturated heterocycles. The van der Waals surface area contributed by atoms with E-state index in [9.17, 15) is 25.5 Å². The molecule has 3 aromatic rings. The average Bonchev–Trinajstić information content (AvgIpc) is 3.12. The van der Waals surface area contributed by atoms with Crippen LogP contribution in [0.2, 0.25) is 0 Å². The lowest BCUT2D eigenvalue weighted by atomic mass is 9.98. The van der Waals surface area contributed by atoms with Crippen molar-refractivity contribution in [2.75, 3.05) is 6.61 Å². The van der Waals surface area contributed by atoms with Crippen molar-refractivity contribution in [1.82, 2.24) is 4.57 Å². The zero-order valence-corrected chi connectivity index (χ0v) is 17.2. The Morgan fingerprint density at radius 2 is 1.70 bits per heavy atom. The van der Waals surface area contributed by atoms with Gasteiger partial charge in [0.2, 0.25) is 0 Å². The van der Waals surface area contributed by atoms with E-state index in [0.29, 0.717) is 0 Å². The first-order valence-electron chi connectivity index (χ1n) is 9.73. The summed E-state index contributed by atoms with van der Waals surface area (Å²) < 4.78 is 7.55. The molecule has 0 spiro atoms. The fourth-order valence-electron chi connectivity index (χ4n) is 3.84. The van der Waals surface area contributed by atoms with Crippen molar-refractivity contribution in [2.24, 2.45) is 0 Å². The number of aliphatic hydroxyl groups excluding tert-OH is 5. The Morgan fingerprint density at radius 1 is 0.967 bits per heavy atom. The van der Waals surface area contributed by atoms with Crippen LogP contribution in [-0.4, -0.2) is 61.1 Å². The Morgan fingerprint density at radius 3 is 2.37 bits per heavy atom. The van der Waals surface area contributed by atoms with Gasteiger partial charge in [-0.15, -0.1) is 0 Å². The fraction of sp³-hybridized carbons (Fsp3) is 0.364. The summed E-state index contributed by atoms with van der Waals surface area (Å²) in [6.07, 6.45) is -4.28. The highest BCUT2D eigenvalue weighted by Crippen LogP contribution is 2.40. The summed E-state index contributed by atoms with van der Waals surface area (Å²) in [4.78, 5) is 1.92. The predicted molar refractivity (Wildman–Crippen MR) is 112 cm³/mol. The van der Waals surface area contributed by atoms with Gasteiger partial charge in [-0.25, -0.2) is 0 Å². The van der Waals surface area contributed by atoms with Crippen molar-refractivity contribution in [3.05, 3.63) is 59.8 Å². The molecule has 160 valence electrons. The Balaban J connectivity index is 1.76. The Hall–Kier alpha value is -1.91. The summed E-state index contributed by atoms with van der Waals surface area (Å²) in [6, 6.07) is 13.5. The van der Waals surface area contributed by atoms with Crippen LogP contribution in [0.15, 0.2) is 58.5 Å². The van der Waals surface area contributed by atoms with Gasteiger partial charge in [-0.2, -0.15) is 0 Å². The maximum atomic E-state index is 10.6. The van der Waals surface area contributed by atoms with Crippen molar-refractivity contribution < 1.29 is 30.3 Å². The molecule has 1 aliphatic heterocycles. The van der Waals surface area contributed by atoms with E-state index in [0.717, 1.165) is 31.8 Å². The first-order chi connectivity index (χ1) is 14.4. The molecule has 0 amide bonds. The number of hydrogen-bond acceptors (Lipinski definition) is 7. The molecule has 5 N–H and O–H groups in total. The Labute approximate surface area is 178 Å². The molecule has 0 saturated carbocycles. The molecule has 4 rings (SSSR count). The molecule has 0 bridgehead atoms. The molecule has 0 aliphatic carbocycles. The second-order valence-electron chi connectivity index (χ2n) is 7.50. The summed E-state index contributed by atoms with van der Waals surface area (Å²) in [5.74, 6) is 0. The third-order valence-corrected chi connectivity index (χ3v) is 6.55. The standard InChI is InChI=1S/C22H25NO6S/c1-12-3-2-4-15-17(30-14-7-5-13(10-24)6-8-14)9-23(18(12)15)22-21(28)20(27)19(26)16(11-25)29-22/h2-9,16,19-22,24-28H,10-11H2,1H3/t16-,19-,20+,21-,22-/m1/s1. The molecule has 5 atom stereocenters. The average molecular weight is 432 g/mol. The predicted octanol–water partition coefficient (Wildman–Crippen LogP) is 1.57. The maximum absolute atomic E-state index is 10.6. The minimum absolute atomic E-state index is 0.0133. The van der Waals surface area contributed by atoms with E-state index in [4.69, 9.17) is 4.74 Å². The fourth-order valence-corrected chi connectivity index (χ4v) is 4.81. The normalized spacial score (nSPS) is 26.9. The number of hydrogen-bond donors (Lipinski definition) is 5. The van der Waals surface area contributed by atoms with Crippen molar-refractivity contribution in [3.8, 4) is 0 Å². The largest absolute Gasteiger partial charge is 0.394 e. The van der Waals surface area contributed by atoms with E-state index < -0.39 is 37.3 Å². The van der Waals surface area contributed by atoms with Crippen LogP contribution >= 0.6 is 11.8 Å². The second kappa shape index (κ2) is 8.68. The van der Waals surface area contributed by atoms with E-state index in [1.807, 2.05) is 55.6 Å². The van der Waals surface area contributed by atoms with E-state index in [-0.39, 0.29) is 6.61 Å². The van der Waals surface area contributed by atoms with Gasteiger partial charge in [0.1, 0.15) is 24.4 Å². The summed E-state index contributed by atoms with van der Waals surface area (Å²) in [7, 11) is 0. The molecule has 8 heteroatoms. The van der Waals surface area contributed by atoms with Gasteiger partial charge in [0.15, 0.2) is 6.23 Å². The quantitative estimate of drug-likeness (QED) is 0.416. The van der Waals surface area contributed by atoms with Gasteiger partial charge in [0.25, 0.3) is 0 Å². The zero-order chi connectivity index (χ0) is 21.4. The van der Waals surface area contributed by atoms with Gasteiger partial charge in [0, 0.05) is 21.4 Å². The lowest BCUT2D eigenvalue weighted by molar-refractivity contribution is -0.250. The molecule has 0 unspecified atom stereocenters. The van der Waals surface area contributed by atoms with Gasteiger partial charge < -0.3 is 34.8 Å². The molecule has 1 aromatic heterocycles. The number of rotatable bonds is 5. The summed E-state index contributed by atoms with van der Waals surface area (Å²) in [5, 5.41) is 50.7. The van der Waals surface area contributed by atoms with Crippen LogP contribution < -0.4 is 0 Å². The number of aliphatic hydroxyl groups is 5. The first-order valence-corrected chi connectivity index (χ1v) is 10.5. The van der Waals surface area contributed by atoms with Crippen molar-refractivity contribution >= 4 is 22.7 Å². The third kappa shape index (κ3) is 3.76. The monoisotopic (exact) mass is 431 g/mol. The Bertz CT molecular complexity index is 1020. The first kappa shape index (κ1) is 21.3. The van der Waals surface area contributed by atoms with Crippen molar-refractivity contribution in [2.45, 2.75) is 54.0 Å². The third-order valence-electron chi connectivity index (χ3n) is 5.49. The SMILES string of the molecule is Cc1cccc2c(Sc3ccc(CO)cc3)cn([C@@H]3O[C@H](CO)[C@@H](O)[C@H](O)[C@H]3O)c12. The maximum Gasteiger partial charge on any atom is 0.163 e. The molecule has 2 heterocycles. The highest BCUT2D eigenvalue weighted by Gasteiger charge is 2.44.